The molecule has 0 bridgehead atoms. The highest BCUT2D eigenvalue weighted by Crippen LogP contribution is 2.42. The van der Waals surface area contributed by atoms with Crippen LogP contribution >= 0.6 is 11.6 Å². The first kappa shape index (κ1) is 32.2. The van der Waals surface area contributed by atoms with Crippen LogP contribution in [0.25, 0.3) is 0 Å². The monoisotopic (exact) mass is 599 g/mol. The van der Waals surface area contributed by atoms with Crippen LogP contribution in [0.1, 0.15) is 49.7 Å². The van der Waals surface area contributed by atoms with Gasteiger partial charge in [0.1, 0.15) is 0 Å². The molecule has 3 aliphatic rings. The Hall–Kier alpha value is -2.34. The summed E-state index contributed by atoms with van der Waals surface area (Å²) in [5.41, 5.74) is 2.14. The van der Waals surface area contributed by atoms with Crippen LogP contribution in [0.15, 0.2) is 18.2 Å². The van der Waals surface area contributed by atoms with Crippen LogP contribution in [0.4, 0.5) is 31.1 Å². The molecule has 40 heavy (non-hydrogen) atoms. The van der Waals surface area contributed by atoms with Crippen molar-refractivity contribution in [1.82, 2.24) is 14.7 Å². The van der Waals surface area contributed by atoms with Gasteiger partial charge in [0.05, 0.1) is 0 Å². The number of halogens is 7. The van der Waals surface area contributed by atoms with Gasteiger partial charge in [-0.05, 0) is 74.3 Å². The van der Waals surface area contributed by atoms with Crippen LogP contribution in [-0.4, -0.2) is 84.7 Å². The number of likely N-dealkylation sites (tertiary alicyclic amines) is 3. The Kier molecular flexibility index (Phi) is 10.9. The maximum atomic E-state index is 12.7. The summed E-state index contributed by atoms with van der Waals surface area (Å²) in [4.78, 5) is 34.0. The van der Waals surface area contributed by atoms with Gasteiger partial charge in [-0.1, -0.05) is 30.2 Å². The lowest BCUT2D eigenvalue weighted by Gasteiger charge is -2.39. The number of benzene rings is 1. The second kappa shape index (κ2) is 13.5. The quantitative estimate of drug-likeness (QED) is 0.407. The average molecular weight is 600 g/mol. The minimum absolute atomic E-state index is 0.0655. The fraction of sp³-hybridized carbons (Fsp3) is 0.692. The maximum absolute atomic E-state index is 12.7. The third-order valence-electron chi connectivity index (χ3n) is 7.77. The minimum atomic E-state index is -5.72. The summed E-state index contributed by atoms with van der Waals surface area (Å²) in [6, 6.07) is 6.10. The predicted octanol–water partition coefficient (Wildman–Crippen LogP) is 5.66. The lowest BCUT2D eigenvalue weighted by atomic mass is 9.78. The van der Waals surface area contributed by atoms with Crippen molar-refractivity contribution in [2.24, 2.45) is 5.41 Å². The lowest BCUT2D eigenvalue weighted by Crippen LogP contribution is -2.50. The molecule has 0 N–H and O–H groups in total. The zero-order chi connectivity index (χ0) is 29.6. The van der Waals surface area contributed by atoms with E-state index in [9.17, 15) is 31.1 Å². The standard InChI is InChI=1S/C25H32ClF6N3O2.CO2/c26-20-5-4-18(14-19(20)16-33-9-2-1-3-10-33)15-34-11-6-23(17-34)7-12-35(13-8-23)22(36)37-21(24(27,28)29)25(30,31)32;2-1-3/h4-5,14,21H,1-3,6-13,15-17H2;. The number of nitrogens with zero attached hydrogens (tertiary/aromatic N) is 3. The summed E-state index contributed by atoms with van der Waals surface area (Å²) >= 11 is 6.46. The number of ether oxygens (including phenoxy) is 1. The van der Waals surface area contributed by atoms with E-state index in [0.29, 0.717) is 12.8 Å². The summed E-state index contributed by atoms with van der Waals surface area (Å²) in [7, 11) is 0. The number of carbonyl (C=O) groups excluding carboxylic acids is 3. The predicted molar refractivity (Wildman–Crippen MR) is 131 cm³/mol. The number of piperidine rings is 2. The van der Waals surface area contributed by atoms with E-state index in [1.54, 1.807) is 0 Å². The maximum Gasteiger partial charge on any atom is 0.434 e. The highest BCUT2D eigenvalue weighted by molar-refractivity contribution is 6.31. The van der Waals surface area contributed by atoms with Gasteiger partial charge >= 0.3 is 24.6 Å². The van der Waals surface area contributed by atoms with E-state index in [1.807, 2.05) is 12.1 Å². The number of amides is 1. The van der Waals surface area contributed by atoms with E-state index in [1.165, 1.54) is 19.3 Å². The molecule has 3 fully saturated rings. The summed E-state index contributed by atoms with van der Waals surface area (Å²) in [6.07, 6.45) is -11.3. The molecule has 0 aliphatic carbocycles. The van der Waals surface area contributed by atoms with Crippen molar-refractivity contribution in [2.45, 2.75) is 70.1 Å². The molecule has 14 heteroatoms. The Morgan fingerprint density at radius 3 is 2.05 bits per heavy atom. The molecular weight excluding hydrogens is 568 g/mol. The number of rotatable bonds is 5. The topological polar surface area (TPSA) is 70.2 Å². The number of alkyl halides is 6. The van der Waals surface area contributed by atoms with Crippen LogP contribution in [0.5, 0.6) is 0 Å². The highest BCUT2D eigenvalue weighted by atomic mass is 35.5. The van der Waals surface area contributed by atoms with Gasteiger partial charge in [0, 0.05) is 37.7 Å². The summed E-state index contributed by atoms with van der Waals surface area (Å²) < 4.78 is 80.3. The van der Waals surface area contributed by atoms with Crippen molar-refractivity contribution in [3.8, 4) is 0 Å². The van der Waals surface area contributed by atoms with Gasteiger partial charge in [0.2, 0.25) is 0 Å². The van der Waals surface area contributed by atoms with E-state index in [4.69, 9.17) is 21.2 Å². The first-order chi connectivity index (χ1) is 18.8. The van der Waals surface area contributed by atoms with Gasteiger partial charge in [-0.15, -0.1) is 0 Å². The van der Waals surface area contributed by atoms with E-state index >= 15 is 0 Å². The van der Waals surface area contributed by atoms with Crippen molar-refractivity contribution >= 4 is 23.8 Å². The molecule has 0 atom stereocenters. The Labute approximate surface area is 233 Å². The van der Waals surface area contributed by atoms with Crippen LogP contribution in [0.3, 0.4) is 0 Å². The number of hydrogen-bond donors (Lipinski definition) is 0. The molecular formula is C26H32ClF6N3O4. The second-order valence-electron chi connectivity index (χ2n) is 10.6. The number of hydrogen-bond acceptors (Lipinski definition) is 6. The summed E-state index contributed by atoms with van der Waals surface area (Å²) in [5, 5.41) is 0.754. The molecule has 0 radical (unpaired) electrons. The SMILES string of the molecule is O=C(OC(C(F)(F)F)C(F)(F)F)N1CCC2(CCN(Cc3ccc(Cl)c(CN4CCCCC4)c3)C2)CC1.O=C=O. The van der Waals surface area contributed by atoms with Crippen molar-refractivity contribution in [3.63, 3.8) is 0 Å². The minimum Gasteiger partial charge on any atom is -0.426 e. The molecule has 0 saturated carbocycles. The second-order valence-corrected chi connectivity index (χ2v) is 11.0. The fourth-order valence-electron chi connectivity index (χ4n) is 5.69. The third-order valence-corrected chi connectivity index (χ3v) is 8.14. The van der Waals surface area contributed by atoms with Gasteiger partial charge in [-0.2, -0.15) is 35.9 Å². The molecule has 0 aromatic heterocycles. The molecule has 1 amide bonds. The summed E-state index contributed by atoms with van der Waals surface area (Å²) in [5.74, 6) is 0. The van der Waals surface area contributed by atoms with Gasteiger partial charge in [-0.25, -0.2) is 4.79 Å². The van der Waals surface area contributed by atoms with Crippen molar-refractivity contribution in [3.05, 3.63) is 34.3 Å². The normalized spacial score (nSPS) is 20.2. The van der Waals surface area contributed by atoms with Gasteiger partial charge < -0.3 is 9.64 Å². The lowest BCUT2D eigenvalue weighted by molar-refractivity contribution is -0.308. The van der Waals surface area contributed by atoms with Crippen LogP contribution < -0.4 is 0 Å². The smallest absolute Gasteiger partial charge is 0.426 e. The largest absolute Gasteiger partial charge is 0.434 e. The van der Waals surface area contributed by atoms with E-state index in [-0.39, 0.29) is 24.7 Å². The summed E-state index contributed by atoms with van der Waals surface area (Å²) in [6.45, 7) is 5.43. The van der Waals surface area contributed by atoms with Crippen LogP contribution in [0, 0.1) is 5.41 Å². The molecule has 1 spiro atoms. The van der Waals surface area contributed by atoms with E-state index < -0.39 is 24.5 Å². The van der Waals surface area contributed by atoms with Gasteiger partial charge in [-0.3, -0.25) is 9.80 Å². The number of carbonyl (C=O) groups is 1. The zero-order valence-corrected chi connectivity index (χ0v) is 22.6. The van der Waals surface area contributed by atoms with E-state index in [2.05, 4.69) is 20.6 Å². The Morgan fingerprint density at radius 1 is 0.900 bits per heavy atom. The molecule has 4 rings (SSSR count). The molecule has 3 heterocycles. The van der Waals surface area contributed by atoms with Crippen molar-refractivity contribution < 1.29 is 45.5 Å². The zero-order valence-electron chi connectivity index (χ0n) is 21.8. The Balaban J connectivity index is 0.00000141. The average Bonchev–Trinajstić information content (AvgIpc) is 3.26. The molecule has 7 nitrogen and oxygen atoms in total. The molecule has 224 valence electrons. The molecule has 0 unspecified atom stereocenters. The van der Waals surface area contributed by atoms with Crippen molar-refractivity contribution in [1.29, 1.82) is 0 Å². The molecule has 3 aliphatic heterocycles. The Bertz CT molecular complexity index is 1020. The van der Waals surface area contributed by atoms with Crippen LogP contribution in [-0.2, 0) is 27.4 Å². The van der Waals surface area contributed by atoms with Gasteiger partial charge in [0.25, 0.3) is 6.10 Å². The first-order valence-electron chi connectivity index (χ1n) is 13.1. The van der Waals surface area contributed by atoms with Crippen molar-refractivity contribution in [2.75, 3.05) is 39.3 Å². The third kappa shape index (κ3) is 8.83. The highest BCUT2D eigenvalue weighted by Gasteiger charge is 2.60. The first-order valence-corrected chi connectivity index (χ1v) is 13.4. The van der Waals surface area contributed by atoms with E-state index in [0.717, 1.165) is 66.7 Å². The molecule has 1 aromatic carbocycles. The Morgan fingerprint density at radius 2 is 1.48 bits per heavy atom. The molecule has 3 saturated heterocycles. The van der Waals surface area contributed by atoms with Gasteiger partial charge in [0.15, 0.2) is 0 Å². The fourth-order valence-corrected chi connectivity index (χ4v) is 5.87. The van der Waals surface area contributed by atoms with Crippen LogP contribution in [0.2, 0.25) is 5.02 Å². The molecule has 1 aromatic rings.